The highest BCUT2D eigenvalue weighted by Gasteiger charge is 2.38. The predicted molar refractivity (Wildman–Crippen MR) is 120 cm³/mol. The van der Waals surface area contributed by atoms with E-state index in [4.69, 9.17) is 10.8 Å². The lowest BCUT2D eigenvalue weighted by Crippen LogP contribution is -2.54. The summed E-state index contributed by atoms with van der Waals surface area (Å²) in [5, 5.41) is 11.8. The molecule has 32 heavy (non-hydrogen) atoms. The monoisotopic (exact) mass is 474 g/mol. The van der Waals surface area contributed by atoms with Crippen LogP contribution in [0.3, 0.4) is 0 Å². The van der Waals surface area contributed by atoms with Crippen molar-refractivity contribution in [2.75, 3.05) is 18.8 Å². The summed E-state index contributed by atoms with van der Waals surface area (Å²) in [6, 6.07) is -1.47. The maximum Gasteiger partial charge on any atom is 0.320 e. The molecule has 2 aliphatic rings. The summed E-state index contributed by atoms with van der Waals surface area (Å²) in [4.78, 5) is 38.4. The number of amides is 2. The van der Waals surface area contributed by atoms with Gasteiger partial charge in [0.25, 0.3) is 0 Å². The van der Waals surface area contributed by atoms with Crippen molar-refractivity contribution < 1.29 is 27.9 Å². The van der Waals surface area contributed by atoms with Crippen LogP contribution in [0.1, 0.15) is 71.1 Å². The zero-order valence-corrected chi connectivity index (χ0v) is 19.7. The summed E-state index contributed by atoms with van der Waals surface area (Å²) < 4.78 is 26.6. The number of rotatable bonds is 12. The molecular weight excluding hydrogens is 436 g/mol. The lowest BCUT2D eigenvalue weighted by Gasteiger charge is -2.30. The predicted octanol–water partition coefficient (Wildman–Crippen LogP) is 0.564. The first kappa shape index (κ1) is 26.5. The molecule has 184 valence electrons. The van der Waals surface area contributed by atoms with Crippen LogP contribution in [0.2, 0.25) is 0 Å². The number of nitrogens with one attached hydrogen (secondary N) is 2. The fourth-order valence-electron chi connectivity index (χ4n) is 4.51. The van der Waals surface area contributed by atoms with Crippen molar-refractivity contribution in [2.45, 2.75) is 89.3 Å². The Hall–Kier alpha value is -1.72. The van der Waals surface area contributed by atoms with Gasteiger partial charge in [0.05, 0.1) is 0 Å². The first-order chi connectivity index (χ1) is 15.1. The van der Waals surface area contributed by atoms with Gasteiger partial charge in [0, 0.05) is 19.1 Å². The Labute approximate surface area is 190 Å². The summed E-state index contributed by atoms with van der Waals surface area (Å²) in [7, 11) is -4.17. The number of hydrogen-bond donors (Lipinski definition) is 4. The summed E-state index contributed by atoms with van der Waals surface area (Å²) in [5.74, 6) is -2.88. The Morgan fingerprint density at radius 2 is 1.81 bits per heavy atom. The van der Waals surface area contributed by atoms with E-state index in [1.807, 2.05) is 6.92 Å². The van der Waals surface area contributed by atoms with Crippen LogP contribution < -0.4 is 15.8 Å². The number of aliphatic carboxylic acids is 1. The summed E-state index contributed by atoms with van der Waals surface area (Å²) in [6.07, 6.45) is 7.62. The van der Waals surface area contributed by atoms with Gasteiger partial charge in [-0.05, 0) is 50.9 Å². The third-order valence-corrected chi connectivity index (χ3v) is 7.60. The molecule has 0 bridgehead atoms. The summed E-state index contributed by atoms with van der Waals surface area (Å²) >= 11 is 0. The molecule has 1 aliphatic heterocycles. The number of unbranched alkanes of at least 4 members (excludes halogenated alkanes) is 2. The molecule has 5 N–H and O–H groups in total. The van der Waals surface area contributed by atoms with Crippen molar-refractivity contribution >= 4 is 27.8 Å². The quantitative estimate of drug-likeness (QED) is 0.301. The largest absolute Gasteiger partial charge is 0.480 e. The Morgan fingerprint density at radius 1 is 1.12 bits per heavy atom. The number of carbonyl (C=O) groups excluding carboxylic acids is 2. The fourth-order valence-corrected chi connectivity index (χ4v) is 5.57. The van der Waals surface area contributed by atoms with E-state index in [1.165, 1.54) is 4.90 Å². The average molecular weight is 475 g/mol. The average Bonchev–Trinajstić information content (AvgIpc) is 3.21. The molecule has 2 rings (SSSR count). The molecule has 0 radical (unpaired) electrons. The zero-order valence-electron chi connectivity index (χ0n) is 18.9. The van der Waals surface area contributed by atoms with Crippen molar-refractivity contribution in [2.24, 2.45) is 11.7 Å². The van der Waals surface area contributed by atoms with Gasteiger partial charge in [0.1, 0.15) is 12.1 Å². The fraction of sp³-hybridized carbons (Fsp3) is 0.857. The van der Waals surface area contributed by atoms with Gasteiger partial charge in [-0.1, -0.05) is 26.2 Å². The Morgan fingerprint density at radius 3 is 2.44 bits per heavy atom. The number of carboxylic acids is 1. The van der Waals surface area contributed by atoms with E-state index >= 15 is 0 Å². The molecule has 2 fully saturated rings. The lowest BCUT2D eigenvalue weighted by atomic mass is 9.86. The topological polar surface area (TPSA) is 159 Å². The number of sulfonamides is 1. The summed E-state index contributed by atoms with van der Waals surface area (Å²) in [6.45, 7) is 2.92. The Kier molecular flexibility index (Phi) is 10.4. The van der Waals surface area contributed by atoms with Crippen LogP contribution in [0.25, 0.3) is 0 Å². The van der Waals surface area contributed by atoms with Gasteiger partial charge in [0.2, 0.25) is 21.8 Å². The van der Waals surface area contributed by atoms with E-state index in [0.717, 1.165) is 38.5 Å². The van der Waals surface area contributed by atoms with E-state index in [0.29, 0.717) is 38.3 Å². The minimum atomic E-state index is -4.17. The van der Waals surface area contributed by atoms with Crippen molar-refractivity contribution in [3.63, 3.8) is 0 Å². The number of carboxylic acid groups (broad SMARTS) is 1. The van der Waals surface area contributed by atoms with Crippen molar-refractivity contribution in [3.05, 3.63) is 0 Å². The van der Waals surface area contributed by atoms with Crippen LogP contribution in [-0.2, 0) is 24.4 Å². The molecule has 0 spiro atoms. The smallest absolute Gasteiger partial charge is 0.320 e. The molecule has 1 heterocycles. The van der Waals surface area contributed by atoms with Crippen LogP contribution in [0, 0.1) is 5.92 Å². The van der Waals surface area contributed by atoms with Crippen molar-refractivity contribution in [1.82, 2.24) is 14.9 Å². The number of nitrogens with zero attached hydrogens (tertiary/aromatic N) is 1. The molecule has 1 aliphatic carbocycles. The highest BCUT2D eigenvalue weighted by molar-refractivity contribution is 7.90. The second-order valence-corrected chi connectivity index (χ2v) is 10.8. The highest BCUT2D eigenvalue weighted by Crippen LogP contribution is 2.24. The number of hydrogen-bond acceptors (Lipinski definition) is 6. The molecule has 11 heteroatoms. The number of likely N-dealkylation sites (tertiary alicyclic amines) is 1. The third-order valence-electron chi connectivity index (χ3n) is 6.32. The molecular formula is C21H38N4O6S. The molecule has 1 saturated carbocycles. The maximum absolute atomic E-state index is 13.2. The second kappa shape index (κ2) is 12.5. The lowest BCUT2D eigenvalue weighted by molar-refractivity contribution is -0.140. The van der Waals surface area contributed by atoms with Gasteiger partial charge in [-0.15, -0.1) is 0 Å². The van der Waals surface area contributed by atoms with Crippen molar-refractivity contribution in [1.29, 1.82) is 0 Å². The minimum Gasteiger partial charge on any atom is -0.480 e. The first-order valence-electron chi connectivity index (χ1n) is 11.7. The minimum absolute atomic E-state index is 0.216. The van der Waals surface area contributed by atoms with Gasteiger partial charge >= 0.3 is 5.97 Å². The van der Waals surface area contributed by atoms with Crippen molar-refractivity contribution in [3.8, 4) is 0 Å². The second-order valence-electron chi connectivity index (χ2n) is 9.03. The molecule has 0 aromatic rings. The molecule has 2 amide bonds. The Balaban J connectivity index is 2.01. The highest BCUT2D eigenvalue weighted by atomic mass is 32.2. The van der Waals surface area contributed by atoms with E-state index in [-0.39, 0.29) is 18.4 Å². The van der Waals surface area contributed by atoms with Gasteiger partial charge < -0.3 is 21.1 Å². The van der Waals surface area contributed by atoms with Gasteiger partial charge in [-0.3, -0.25) is 14.4 Å². The zero-order chi connectivity index (χ0) is 23.7. The Bertz CT molecular complexity index is 751. The molecule has 10 nitrogen and oxygen atoms in total. The molecule has 0 aromatic heterocycles. The van der Waals surface area contributed by atoms with Crippen LogP contribution in [0.4, 0.5) is 0 Å². The van der Waals surface area contributed by atoms with Gasteiger partial charge in [0.15, 0.2) is 5.75 Å². The number of carbonyl (C=O) groups is 3. The van der Waals surface area contributed by atoms with E-state index in [9.17, 15) is 22.8 Å². The van der Waals surface area contributed by atoms with Crippen LogP contribution in [-0.4, -0.2) is 73.2 Å². The molecule has 0 unspecified atom stereocenters. The molecule has 2 atom stereocenters. The maximum atomic E-state index is 13.2. The van der Waals surface area contributed by atoms with Gasteiger partial charge in [-0.25, -0.2) is 13.1 Å². The summed E-state index contributed by atoms with van der Waals surface area (Å²) in [5.41, 5.74) is 5.93. The van der Waals surface area contributed by atoms with Gasteiger partial charge in [-0.2, -0.15) is 0 Å². The standard InChI is InChI=1S/C21H38N4O6S/c1-2-3-4-6-17(24-32(30,31)14-19(26)27)21(29)25-12-5-7-18(25)20(28)23-13-15-8-10-16(22)11-9-15/h15-18,24H,2-14,22H2,1H3,(H,23,28)(H,26,27)/t15?,16?,17-,18+/m1/s1. The molecule has 0 aromatic carbocycles. The van der Waals surface area contributed by atoms with Crippen LogP contribution in [0.15, 0.2) is 0 Å². The van der Waals surface area contributed by atoms with E-state index in [2.05, 4.69) is 10.0 Å². The van der Waals surface area contributed by atoms with E-state index < -0.39 is 39.7 Å². The van der Waals surface area contributed by atoms with E-state index in [1.54, 1.807) is 0 Å². The SMILES string of the molecule is CCCCC[C@@H](NS(=O)(=O)CC(=O)O)C(=O)N1CCC[C@H]1C(=O)NCC1CCC(N)CC1. The molecule has 1 saturated heterocycles. The third kappa shape index (κ3) is 8.32. The normalized spacial score (nSPS) is 24.8. The van der Waals surface area contributed by atoms with Crippen LogP contribution in [0.5, 0.6) is 0 Å². The first-order valence-corrected chi connectivity index (χ1v) is 13.3. The number of nitrogens with two attached hydrogens (primary N) is 1. The van der Waals surface area contributed by atoms with Crippen LogP contribution >= 0.6 is 0 Å².